The lowest BCUT2D eigenvalue weighted by Crippen LogP contribution is -2.40. The molecule has 0 bridgehead atoms. The minimum Gasteiger partial charge on any atom is -0.339 e. The molecule has 1 aliphatic rings. The van der Waals surface area contributed by atoms with Crippen LogP contribution in [0.2, 0.25) is 5.02 Å². The van der Waals surface area contributed by atoms with E-state index in [4.69, 9.17) is 11.6 Å². The van der Waals surface area contributed by atoms with Crippen molar-refractivity contribution >= 4 is 35.1 Å². The third kappa shape index (κ3) is 4.39. The number of piperidine rings is 1. The Hall–Kier alpha value is -1.78. The predicted octanol–water partition coefficient (Wildman–Crippen LogP) is 5.41. The van der Waals surface area contributed by atoms with E-state index in [1.165, 1.54) is 0 Å². The van der Waals surface area contributed by atoms with Gasteiger partial charge in [-0.3, -0.25) is 9.59 Å². The van der Waals surface area contributed by atoms with Gasteiger partial charge in [0.15, 0.2) is 5.78 Å². The molecule has 0 unspecified atom stereocenters. The molecular weight excluding hydrogens is 378 g/mol. The van der Waals surface area contributed by atoms with Gasteiger partial charge in [0.2, 0.25) is 0 Å². The van der Waals surface area contributed by atoms with Crippen LogP contribution in [0.4, 0.5) is 0 Å². The molecule has 1 saturated heterocycles. The molecule has 27 heavy (non-hydrogen) atoms. The Balaban J connectivity index is 1.68. The van der Waals surface area contributed by atoms with Crippen molar-refractivity contribution in [2.45, 2.75) is 31.6 Å². The molecule has 3 nitrogen and oxygen atoms in total. The summed E-state index contributed by atoms with van der Waals surface area (Å²) in [6.07, 6.45) is 3.36. The quantitative estimate of drug-likeness (QED) is 0.507. The summed E-state index contributed by atoms with van der Waals surface area (Å²) >= 11 is 7.83. The lowest BCUT2D eigenvalue weighted by molar-refractivity contribution is 0.0650. The Kier molecular flexibility index (Phi) is 6.28. The summed E-state index contributed by atoms with van der Waals surface area (Å²) in [5.41, 5.74) is 3.54. The summed E-state index contributed by atoms with van der Waals surface area (Å²) in [6.45, 7) is 5.18. The van der Waals surface area contributed by atoms with E-state index in [9.17, 15) is 9.59 Å². The van der Waals surface area contributed by atoms with Gasteiger partial charge in [-0.15, -0.1) is 11.8 Å². The van der Waals surface area contributed by atoms with Gasteiger partial charge in [-0.1, -0.05) is 35.4 Å². The smallest absolute Gasteiger partial charge is 0.255 e. The fourth-order valence-electron chi connectivity index (χ4n) is 3.62. The monoisotopic (exact) mass is 401 g/mol. The molecule has 0 saturated carbocycles. The van der Waals surface area contributed by atoms with E-state index < -0.39 is 0 Å². The zero-order chi connectivity index (χ0) is 19.6. The van der Waals surface area contributed by atoms with Crippen LogP contribution in [-0.4, -0.2) is 35.9 Å². The number of ketones is 1. The first-order valence-electron chi connectivity index (χ1n) is 9.15. The van der Waals surface area contributed by atoms with Crippen LogP contribution in [0.25, 0.3) is 0 Å². The van der Waals surface area contributed by atoms with E-state index in [0.717, 1.165) is 21.6 Å². The molecule has 5 heteroatoms. The third-order valence-corrected chi connectivity index (χ3v) is 6.26. The van der Waals surface area contributed by atoms with E-state index in [2.05, 4.69) is 0 Å². The Bertz CT molecular complexity index is 873. The lowest BCUT2D eigenvalue weighted by Gasteiger charge is -2.32. The zero-order valence-electron chi connectivity index (χ0n) is 15.9. The van der Waals surface area contributed by atoms with Gasteiger partial charge in [0.05, 0.1) is 10.6 Å². The number of benzene rings is 2. The van der Waals surface area contributed by atoms with Crippen molar-refractivity contribution < 1.29 is 9.59 Å². The average molecular weight is 402 g/mol. The highest BCUT2D eigenvalue weighted by Crippen LogP contribution is 2.28. The molecule has 1 fully saturated rings. The first kappa shape index (κ1) is 20.0. The number of thioether (sulfide) groups is 1. The van der Waals surface area contributed by atoms with Crippen LogP contribution < -0.4 is 0 Å². The second-order valence-electron chi connectivity index (χ2n) is 7.09. The fraction of sp³-hybridized carbons (Fsp3) is 0.364. The Labute approximate surface area is 170 Å². The standard InChI is InChI=1S/C22H24ClNO2S/c1-14-4-6-18(15(2)12-14)21(25)16-8-10-24(11-9-16)22(26)19-13-17(27-3)5-7-20(19)23/h4-7,12-13,16H,8-11H2,1-3H3. The highest BCUT2D eigenvalue weighted by atomic mass is 35.5. The molecule has 142 valence electrons. The molecule has 0 N–H and O–H groups in total. The number of aryl methyl sites for hydroxylation is 2. The molecule has 0 spiro atoms. The van der Waals surface area contributed by atoms with Crippen LogP contribution in [-0.2, 0) is 0 Å². The van der Waals surface area contributed by atoms with E-state index in [1.807, 2.05) is 55.3 Å². The fourth-order valence-corrected chi connectivity index (χ4v) is 4.26. The number of hydrogen-bond donors (Lipinski definition) is 0. The van der Waals surface area contributed by atoms with Crippen LogP contribution >= 0.6 is 23.4 Å². The van der Waals surface area contributed by atoms with Gasteiger partial charge < -0.3 is 4.90 Å². The first-order valence-corrected chi connectivity index (χ1v) is 10.7. The van der Waals surface area contributed by atoms with E-state index in [0.29, 0.717) is 36.5 Å². The van der Waals surface area contributed by atoms with Gasteiger partial charge in [0, 0.05) is 29.5 Å². The van der Waals surface area contributed by atoms with Crippen LogP contribution in [0.5, 0.6) is 0 Å². The van der Waals surface area contributed by atoms with Crippen molar-refractivity contribution in [1.82, 2.24) is 4.90 Å². The van der Waals surface area contributed by atoms with E-state index in [1.54, 1.807) is 17.8 Å². The van der Waals surface area contributed by atoms with Crippen molar-refractivity contribution in [3.05, 3.63) is 63.7 Å². The maximum Gasteiger partial charge on any atom is 0.255 e. The topological polar surface area (TPSA) is 37.4 Å². The number of amides is 1. The number of Topliss-reactive ketones (excluding diaryl/α,β-unsaturated/α-hetero) is 1. The molecule has 1 aliphatic heterocycles. The van der Waals surface area contributed by atoms with E-state index in [-0.39, 0.29) is 17.6 Å². The molecule has 0 aliphatic carbocycles. The number of carbonyl (C=O) groups is 2. The number of carbonyl (C=O) groups excluding carboxylic acids is 2. The second kappa shape index (κ2) is 8.49. The van der Waals surface area contributed by atoms with E-state index >= 15 is 0 Å². The van der Waals surface area contributed by atoms with Gasteiger partial charge in [-0.25, -0.2) is 0 Å². The molecule has 0 aromatic heterocycles. The Morgan fingerprint density at radius 2 is 1.74 bits per heavy atom. The van der Waals surface area contributed by atoms with Crippen LogP contribution in [0.15, 0.2) is 41.3 Å². The number of rotatable bonds is 4. The van der Waals surface area contributed by atoms with Gasteiger partial charge in [-0.05, 0) is 56.7 Å². The van der Waals surface area contributed by atoms with Crippen molar-refractivity contribution in [3.63, 3.8) is 0 Å². The summed E-state index contributed by atoms with van der Waals surface area (Å²) in [6, 6.07) is 11.5. The van der Waals surface area contributed by atoms with Crippen molar-refractivity contribution in [1.29, 1.82) is 0 Å². The van der Waals surface area contributed by atoms with Crippen LogP contribution in [0.3, 0.4) is 0 Å². The summed E-state index contributed by atoms with van der Waals surface area (Å²) in [5, 5.41) is 0.478. The molecule has 2 aromatic rings. The minimum absolute atomic E-state index is 0.0246. The highest BCUT2D eigenvalue weighted by Gasteiger charge is 2.29. The number of halogens is 1. The SMILES string of the molecule is CSc1ccc(Cl)c(C(=O)N2CCC(C(=O)c3ccc(C)cc3C)CC2)c1. The molecule has 0 atom stereocenters. The molecule has 1 heterocycles. The van der Waals surface area contributed by atoms with Gasteiger partial charge in [-0.2, -0.15) is 0 Å². The average Bonchev–Trinajstić information content (AvgIpc) is 2.67. The van der Waals surface area contributed by atoms with Crippen molar-refractivity contribution in [3.8, 4) is 0 Å². The predicted molar refractivity (Wildman–Crippen MR) is 112 cm³/mol. The van der Waals surface area contributed by atoms with Crippen LogP contribution in [0, 0.1) is 19.8 Å². The number of hydrogen-bond acceptors (Lipinski definition) is 3. The summed E-state index contributed by atoms with van der Waals surface area (Å²) in [5.74, 6) is 0.124. The van der Waals surface area contributed by atoms with Crippen molar-refractivity contribution in [2.24, 2.45) is 5.92 Å². The maximum absolute atomic E-state index is 12.9. The van der Waals surface area contributed by atoms with Gasteiger partial charge in [0.1, 0.15) is 0 Å². The Morgan fingerprint density at radius 1 is 1.04 bits per heavy atom. The summed E-state index contributed by atoms with van der Waals surface area (Å²) in [4.78, 5) is 28.6. The Morgan fingerprint density at radius 3 is 2.37 bits per heavy atom. The van der Waals surface area contributed by atoms with Crippen molar-refractivity contribution in [2.75, 3.05) is 19.3 Å². The molecule has 1 amide bonds. The molecular formula is C22H24ClNO2S. The zero-order valence-corrected chi connectivity index (χ0v) is 17.5. The lowest BCUT2D eigenvalue weighted by atomic mass is 9.87. The second-order valence-corrected chi connectivity index (χ2v) is 8.38. The largest absolute Gasteiger partial charge is 0.339 e. The molecule has 3 rings (SSSR count). The third-order valence-electron chi connectivity index (χ3n) is 5.20. The highest BCUT2D eigenvalue weighted by molar-refractivity contribution is 7.98. The van der Waals surface area contributed by atoms with Crippen LogP contribution in [0.1, 0.15) is 44.7 Å². The minimum atomic E-state index is -0.0479. The molecule has 2 aromatic carbocycles. The number of likely N-dealkylation sites (tertiary alicyclic amines) is 1. The molecule has 0 radical (unpaired) electrons. The summed E-state index contributed by atoms with van der Waals surface area (Å²) in [7, 11) is 0. The normalized spacial score (nSPS) is 15.0. The maximum atomic E-state index is 12.9. The summed E-state index contributed by atoms with van der Waals surface area (Å²) < 4.78 is 0. The first-order chi connectivity index (χ1) is 12.9. The van der Waals surface area contributed by atoms with Gasteiger partial charge >= 0.3 is 0 Å². The number of nitrogens with zero attached hydrogens (tertiary/aromatic N) is 1. The van der Waals surface area contributed by atoms with Gasteiger partial charge in [0.25, 0.3) is 5.91 Å².